The average Bonchev–Trinajstić information content (AvgIpc) is 2.72. The van der Waals surface area contributed by atoms with Gasteiger partial charge in [0, 0.05) is 43.6 Å². The Balaban J connectivity index is 1.88. The van der Waals surface area contributed by atoms with Crippen LogP contribution in [0.4, 0.5) is 5.69 Å². The number of anilines is 1. The Morgan fingerprint density at radius 3 is 3.25 bits per heavy atom. The lowest BCUT2D eigenvalue weighted by Gasteiger charge is -2.23. The van der Waals surface area contributed by atoms with Crippen molar-refractivity contribution < 1.29 is 0 Å². The van der Waals surface area contributed by atoms with Crippen molar-refractivity contribution in [3.63, 3.8) is 0 Å². The molecule has 16 heavy (non-hydrogen) atoms. The molecule has 0 spiro atoms. The lowest BCUT2D eigenvalue weighted by Crippen LogP contribution is -2.28. The van der Waals surface area contributed by atoms with Crippen molar-refractivity contribution in [1.82, 2.24) is 10.3 Å². The van der Waals surface area contributed by atoms with Gasteiger partial charge in [0.25, 0.3) is 0 Å². The summed E-state index contributed by atoms with van der Waals surface area (Å²) in [6.07, 6.45) is 5.80. The van der Waals surface area contributed by atoms with Gasteiger partial charge in [0.2, 0.25) is 0 Å². The molecule has 3 rings (SSSR count). The highest BCUT2D eigenvalue weighted by Gasteiger charge is 2.21. The van der Waals surface area contributed by atoms with Crippen LogP contribution in [-0.2, 0) is 6.42 Å². The van der Waals surface area contributed by atoms with E-state index in [9.17, 15) is 0 Å². The Morgan fingerprint density at radius 1 is 1.50 bits per heavy atom. The minimum atomic E-state index is 0.619. The number of piperidine rings is 1. The molecule has 1 aromatic heterocycles. The molecule has 0 radical (unpaired) electrons. The van der Waals surface area contributed by atoms with Gasteiger partial charge >= 0.3 is 0 Å². The molecule has 0 amide bonds. The quantitative estimate of drug-likeness (QED) is 0.773. The molecular weight excluding hydrogens is 198 g/mol. The Bertz CT molecular complexity index is 383. The van der Waals surface area contributed by atoms with E-state index in [1.165, 1.54) is 36.3 Å². The van der Waals surface area contributed by atoms with Crippen molar-refractivity contribution in [3.05, 3.63) is 23.5 Å². The van der Waals surface area contributed by atoms with Gasteiger partial charge in [0.15, 0.2) is 0 Å². The smallest absolute Gasteiger partial charge is 0.0468 e. The summed E-state index contributed by atoms with van der Waals surface area (Å²) < 4.78 is 0. The molecule has 1 unspecified atom stereocenters. The van der Waals surface area contributed by atoms with E-state index in [1.807, 2.05) is 0 Å². The zero-order valence-electron chi connectivity index (χ0n) is 9.87. The highest BCUT2D eigenvalue weighted by Crippen LogP contribution is 2.30. The lowest BCUT2D eigenvalue weighted by molar-refractivity contribution is 0.454. The predicted molar refractivity (Wildman–Crippen MR) is 66.1 cm³/mol. The first-order valence-electron chi connectivity index (χ1n) is 6.25. The molecule has 0 aromatic carbocycles. The number of fused-ring (bicyclic) bond motifs is 1. The van der Waals surface area contributed by atoms with Crippen LogP contribution in [0.1, 0.15) is 30.0 Å². The molecule has 1 saturated heterocycles. The minimum Gasteiger partial charge on any atom is -0.374 e. The van der Waals surface area contributed by atoms with Crippen LogP contribution < -0.4 is 10.2 Å². The Hall–Kier alpha value is -1.09. The number of hydrogen-bond donors (Lipinski definition) is 1. The van der Waals surface area contributed by atoms with Crippen molar-refractivity contribution in [3.8, 4) is 0 Å². The fourth-order valence-corrected chi connectivity index (χ4v) is 2.77. The van der Waals surface area contributed by atoms with E-state index >= 15 is 0 Å². The first kappa shape index (κ1) is 10.1. The molecule has 2 aliphatic rings. The first-order valence-corrected chi connectivity index (χ1v) is 6.25. The fourth-order valence-electron chi connectivity index (χ4n) is 2.77. The topological polar surface area (TPSA) is 28.2 Å². The summed E-state index contributed by atoms with van der Waals surface area (Å²) in [5, 5.41) is 3.46. The largest absolute Gasteiger partial charge is 0.374 e. The summed E-state index contributed by atoms with van der Waals surface area (Å²) >= 11 is 0. The van der Waals surface area contributed by atoms with Crippen molar-refractivity contribution in [2.24, 2.45) is 0 Å². The highest BCUT2D eigenvalue weighted by atomic mass is 15.1. The van der Waals surface area contributed by atoms with Crippen LogP contribution in [0, 0.1) is 0 Å². The van der Waals surface area contributed by atoms with Gasteiger partial charge in [-0.2, -0.15) is 0 Å². The molecule has 3 nitrogen and oxygen atoms in total. The molecule has 86 valence electrons. The third kappa shape index (κ3) is 1.69. The van der Waals surface area contributed by atoms with Gasteiger partial charge in [-0.1, -0.05) is 0 Å². The maximum Gasteiger partial charge on any atom is 0.0468 e. The first-order chi connectivity index (χ1) is 7.84. The monoisotopic (exact) mass is 217 g/mol. The zero-order valence-corrected chi connectivity index (χ0v) is 9.87. The molecule has 1 fully saturated rings. The highest BCUT2D eigenvalue weighted by molar-refractivity contribution is 5.57. The number of nitrogens with zero attached hydrogens (tertiary/aromatic N) is 2. The Kier molecular flexibility index (Phi) is 2.56. The van der Waals surface area contributed by atoms with E-state index in [4.69, 9.17) is 0 Å². The van der Waals surface area contributed by atoms with Crippen LogP contribution >= 0.6 is 0 Å². The second-order valence-electron chi connectivity index (χ2n) is 4.95. The summed E-state index contributed by atoms with van der Waals surface area (Å²) in [5.41, 5.74) is 4.09. The second-order valence-corrected chi connectivity index (χ2v) is 4.95. The van der Waals surface area contributed by atoms with Gasteiger partial charge in [-0.15, -0.1) is 0 Å². The van der Waals surface area contributed by atoms with Crippen LogP contribution in [-0.4, -0.2) is 31.7 Å². The number of likely N-dealkylation sites (N-methyl/N-ethyl adjacent to an activating group) is 1. The number of hydrogen-bond acceptors (Lipinski definition) is 3. The summed E-state index contributed by atoms with van der Waals surface area (Å²) in [6, 6.07) is 2.31. The second kappa shape index (κ2) is 4.06. The molecular formula is C13H19N3. The summed E-state index contributed by atoms with van der Waals surface area (Å²) in [6.45, 7) is 3.40. The van der Waals surface area contributed by atoms with Gasteiger partial charge in [0.1, 0.15) is 0 Å². The molecule has 1 aromatic rings. The van der Waals surface area contributed by atoms with E-state index in [0.717, 1.165) is 19.5 Å². The predicted octanol–water partition coefficient (Wildman–Crippen LogP) is 1.54. The van der Waals surface area contributed by atoms with E-state index < -0.39 is 0 Å². The van der Waals surface area contributed by atoms with Crippen molar-refractivity contribution in [1.29, 1.82) is 0 Å². The van der Waals surface area contributed by atoms with Gasteiger partial charge in [0.05, 0.1) is 0 Å². The summed E-state index contributed by atoms with van der Waals surface area (Å²) in [7, 11) is 2.18. The number of pyridine rings is 1. The zero-order chi connectivity index (χ0) is 11.0. The van der Waals surface area contributed by atoms with Crippen LogP contribution in [0.5, 0.6) is 0 Å². The standard InChI is InChI=1S/C13H19N3/c1-16-6-4-11-9-15-12(7-13(11)16)10-3-2-5-14-8-10/h7,9-10,14H,2-6,8H2,1H3. The van der Waals surface area contributed by atoms with Gasteiger partial charge in [-0.05, 0) is 37.4 Å². The molecule has 1 N–H and O–H groups in total. The third-order valence-corrected chi connectivity index (χ3v) is 3.83. The molecule has 0 aliphatic carbocycles. The molecule has 2 aliphatic heterocycles. The van der Waals surface area contributed by atoms with Crippen LogP contribution in [0.15, 0.2) is 12.3 Å². The maximum absolute atomic E-state index is 4.64. The SMILES string of the molecule is CN1CCc2cnc(C3CCCNC3)cc21. The van der Waals surface area contributed by atoms with E-state index in [1.54, 1.807) is 0 Å². The van der Waals surface area contributed by atoms with Crippen LogP contribution in [0.2, 0.25) is 0 Å². The lowest BCUT2D eigenvalue weighted by atomic mass is 9.95. The maximum atomic E-state index is 4.64. The Morgan fingerprint density at radius 2 is 2.44 bits per heavy atom. The van der Waals surface area contributed by atoms with Crippen LogP contribution in [0.3, 0.4) is 0 Å². The van der Waals surface area contributed by atoms with Crippen molar-refractivity contribution in [2.75, 3.05) is 31.6 Å². The Labute approximate surface area is 96.9 Å². The molecule has 3 heteroatoms. The normalized spacial score (nSPS) is 24.6. The number of aromatic nitrogens is 1. The van der Waals surface area contributed by atoms with Crippen molar-refractivity contribution in [2.45, 2.75) is 25.2 Å². The molecule has 3 heterocycles. The van der Waals surface area contributed by atoms with Gasteiger partial charge in [-0.25, -0.2) is 0 Å². The molecule has 0 saturated carbocycles. The number of nitrogens with one attached hydrogen (secondary N) is 1. The van der Waals surface area contributed by atoms with E-state index in [2.05, 4.69) is 34.5 Å². The van der Waals surface area contributed by atoms with Gasteiger partial charge in [-0.3, -0.25) is 4.98 Å². The summed E-state index contributed by atoms with van der Waals surface area (Å²) in [4.78, 5) is 6.99. The van der Waals surface area contributed by atoms with Gasteiger partial charge < -0.3 is 10.2 Å². The van der Waals surface area contributed by atoms with Crippen molar-refractivity contribution >= 4 is 5.69 Å². The molecule has 0 bridgehead atoms. The average molecular weight is 217 g/mol. The summed E-state index contributed by atoms with van der Waals surface area (Å²) in [5.74, 6) is 0.619. The number of rotatable bonds is 1. The third-order valence-electron chi connectivity index (χ3n) is 3.83. The molecule has 1 atom stereocenters. The van der Waals surface area contributed by atoms with E-state index in [-0.39, 0.29) is 0 Å². The fraction of sp³-hybridized carbons (Fsp3) is 0.615. The van der Waals surface area contributed by atoms with Crippen LogP contribution in [0.25, 0.3) is 0 Å². The minimum absolute atomic E-state index is 0.619. The van der Waals surface area contributed by atoms with E-state index in [0.29, 0.717) is 5.92 Å².